The van der Waals surface area contributed by atoms with E-state index in [0.29, 0.717) is 27.7 Å². The van der Waals surface area contributed by atoms with Gasteiger partial charge in [-0.25, -0.2) is 0 Å². The van der Waals surface area contributed by atoms with Crippen molar-refractivity contribution in [3.8, 4) is 0 Å². The fourth-order valence-corrected chi connectivity index (χ4v) is 2.93. The van der Waals surface area contributed by atoms with Crippen LogP contribution in [0.3, 0.4) is 0 Å². The van der Waals surface area contributed by atoms with E-state index in [1.807, 2.05) is 12.1 Å². The van der Waals surface area contributed by atoms with Crippen LogP contribution in [0.25, 0.3) is 0 Å². The van der Waals surface area contributed by atoms with E-state index in [0.717, 1.165) is 31.6 Å². The van der Waals surface area contributed by atoms with Crippen molar-refractivity contribution in [2.24, 2.45) is 0 Å². The minimum atomic E-state index is 0.361. The Morgan fingerprint density at radius 2 is 1.91 bits per heavy atom. The highest BCUT2D eigenvalue weighted by atomic mass is 35.5. The van der Waals surface area contributed by atoms with Crippen LogP contribution in [0.15, 0.2) is 18.2 Å². The highest BCUT2D eigenvalue weighted by molar-refractivity contribution is 7.80. The summed E-state index contributed by atoms with van der Waals surface area (Å²) in [7, 11) is 0. The van der Waals surface area contributed by atoms with Gasteiger partial charge >= 0.3 is 0 Å². The van der Waals surface area contributed by atoms with Crippen LogP contribution in [0.4, 0.5) is 0 Å². The van der Waals surface area contributed by atoms with Crippen LogP contribution < -0.4 is 10.6 Å². The third-order valence-electron chi connectivity index (χ3n) is 3.82. The molecule has 1 atom stereocenters. The van der Waals surface area contributed by atoms with Crippen molar-refractivity contribution in [3.63, 3.8) is 0 Å². The van der Waals surface area contributed by atoms with E-state index in [4.69, 9.17) is 35.4 Å². The average molecular weight is 376 g/mol. The van der Waals surface area contributed by atoms with Crippen LogP contribution in [0.1, 0.15) is 39.2 Å². The molecular weight excluding hydrogens is 349 g/mol. The number of nitrogens with zero attached hydrogens (tertiary/aromatic N) is 1. The van der Waals surface area contributed by atoms with Crippen LogP contribution in [0, 0.1) is 0 Å². The molecule has 0 spiro atoms. The molecule has 1 aromatic carbocycles. The van der Waals surface area contributed by atoms with Crippen LogP contribution in [0.5, 0.6) is 0 Å². The molecule has 0 aliphatic rings. The molecule has 2 N–H and O–H groups in total. The lowest BCUT2D eigenvalue weighted by molar-refractivity contribution is 0.292. The first-order valence-electron chi connectivity index (χ1n) is 8.16. The Balaban J connectivity index is 2.26. The highest BCUT2D eigenvalue weighted by Crippen LogP contribution is 2.22. The lowest BCUT2D eigenvalue weighted by Crippen LogP contribution is -2.40. The molecule has 1 unspecified atom stereocenters. The SMILES string of the molecule is CCN(CC)CCCC(C)NC(=S)NCc1ccc(Cl)c(Cl)c1. The van der Waals surface area contributed by atoms with Crippen molar-refractivity contribution in [1.29, 1.82) is 0 Å². The Morgan fingerprint density at radius 3 is 2.52 bits per heavy atom. The maximum absolute atomic E-state index is 6.01. The molecule has 0 aromatic heterocycles. The Kier molecular flexibility index (Phi) is 9.88. The predicted molar refractivity (Wildman–Crippen MR) is 106 cm³/mol. The van der Waals surface area contributed by atoms with Gasteiger partial charge in [0.1, 0.15) is 0 Å². The van der Waals surface area contributed by atoms with E-state index in [1.54, 1.807) is 6.07 Å². The molecule has 0 aliphatic carbocycles. The molecule has 0 heterocycles. The van der Waals surface area contributed by atoms with Gasteiger partial charge in [0, 0.05) is 12.6 Å². The molecule has 3 nitrogen and oxygen atoms in total. The number of hydrogen-bond acceptors (Lipinski definition) is 2. The summed E-state index contributed by atoms with van der Waals surface area (Å²) in [6.45, 7) is 10.6. The van der Waals surface area contributed by atoms with Gasteiger partial charge < -0.3 is 15.5 Å². The second-order valence-corrected chi connectivity index (χ2v) is 6.87. The maximum Gasteiger partial charge on any atom is 0.166 e. The molecule has 23 heavy (non-hydrogen) atoms. The van der Waals surface area contributed by atoms with Gasteiger partial charge in [-0.15, -0.1) is 0 Å². The Bertz CT molecular complexity index is 493. The molecule has 6 heteroatoms. The zero-order chi connectivity index (χ0) is 17.2. The summed E-state index contributed by atoms with van der Waals surface area (Å²) < 4.78 is 0. The predicted octanol–water partition coefficient (Wildman–Crippen LogP) is 4.47. The lowest BCUT2D eigenvalue weighted by atomic mass is 10.2. The lowest BCUT2D eigenvalue weighted by Gasteiger charge is -2.20. The molecule has 0 aliphatic heterocycles. The maximum atomic E-state index is 6.01. The first-order valence-corrected chi connectivity index (χ1v) is 9.33. The third kappa shape index (κ3) is 8.20. The van der Waals surface area contributed by atoms with Gasteiger partial charge in [0.15, 0.2) is 5.11 Å². The normalized spacial score (nSPS) is 12.3. The second kappa shape index (κ2) is 11.1. The van der Waals surface area contributed by atoms with Crippen molar-refractivity contribution in [2.75, 3.05) is 19.6 Å². The summed E-state index contributed by atoms with van der Waals surface area (Å²) in [6.07, 6.45) is 2.27. The van der Waals surface area contributed by atoms with E-state index in [-0.39, 0.29) is 0 Å². The summed E-state index contributed by atoms with van der Waals surface area (Å²) in [5.41, 5.74) is 1.05. The number of thiocarbonyl (C=S) groups is 1. The minimum Gasteiger partial charge on any atom is -0.360 e. The van der Waals surface area contributed by atoms with E-state index in [1.165, 1.54) is 6.42 Å². The average Bonchev–Trinajstić information content (AvgIpc) is 2.52. The molecule has 0 amide bonds. The van der Waals surface area contributed by atoms with Gasteiger partial charge in [0.2, 0.25) is 0 Å². The Labute approximate surface area is 155 Å². The molecule has 0 radical (unpaired) electrons. The molecule has 1 rings (SSSR count). The van der Waals surface area contributed by atoms with E-state index in [2.05, 4.69) is 36.3 Å². The first kappa shape index (κ1) is 20.5. The van der Waals surface area contributed by atoms with Crippen LogP contribution >= 0.6 is 35.4 Å². The molecule has 0 bridgehead atoms. The molecule has 0 saturated heterocycles. The largest absolute Gasteiger partial charge is 0.360 e. The monoisotopic (exact) mass is 375 g/mol. The summed E-state index contributed by atoms with van der Waals surface area (Å²) in [6, 6.07) is 5.96. The van der Waals surface area contributed by atoms with Gasteiger partial charge in [-0.3, -0.25) is 0 Å². The molecule has 130 valence electrons. The summed E-state index contributed by atoms with van der Waals surface area (Å²) in [4.78, 5) is 2.44. The number of rotatable bonds is 9. The van der Waals surface area contributed by atoms with Crippen molar-refractivity contribution in [2.45, 2.75) is 46.2 Å². The fourth-order valence-electron chi connectivity index (χ4n) is 2.34. The third-order valence-corrected chi connectivity index (χ3v) is 4.82. The fraction of sp³-hybridized carbons (Fsp3) is 0.588. The smallest absolute Gasteiger partial charge is 0.166 e. The van der Waals surface area contributed by atoms with Gasteiger partial charge in [-0.05, 0) is 69.3 Å². The standard InChI is InChI=1S/C17H27Cl2N3S/c1-4-22(5-2)10-6-7-13(3)21-17(23)20-12-14-8-9-15(18)16(19)11-14/h8-9,11,13H,4-7,10,12H2,1-3H3,(H2,20,21,23). The number of halogens is 2. The molecular formula is C17H27Cl2N3S. The topological polar surface area (TPSA) is 27.3 Å². The van der Waals surface area contributed by atoms with E-state index in [9.17, 15) is 0 Å². The Hall–Kier alpha value is -0.550. The molecule has 1 aromatic rings. The molecule has 0 fully saturated rings. The number of nitrogens with one attached hydrogen (secondary N) is 2. The van der Waals surface area contributed by atoms with Crippen molar-refractivity contribution >= 4 is 40.5 Å². The van der Waals surface area contributed by atoms with Crippen LogP contribution in [-0.4, -0.2) is 35.7 Å². The van der Waals surface area contributed by atoms with Gasteiger partial charge in [-0.2, -0.15) is 0 Å². The van der Waals surface area contributed by atoms with Crippen LogP contribution in [0.2, 0.25) is 10.0 Å². The quantitative estimate of drug-likeness (QED) is 0.622. The summed E-state index contributed by atoms with van der Waals surface area (Å²) in [5.74, 6) is 0. The minimum absolute atomic E-state index is 0.361. The van der Waals surface area contributed by atoms with Gasteiger partial charge in [0.25, 0.3) is 0 Å². The molecule has 0 saturated carbocycles. The first-order chi connectivity index (χ1) is 11.0. The zero-order valence-electron chi connectivity index (χ0n) is 14.2. The zero-order valence-corrected chi connectivity index (χ0v) is 16.5. The van der Waals surface area contributed by atoms with E-state index < -0.39 is 0 Å². The van der Waals surface area contributed by atoms with Crippen LogP contribution in [-0.2, 0) is 6.54 Å². The van der Waals surface area contributed by atoms with Crippen molar-refractivity contribution < 1.29 is 0 Å². The summed E-state index contributed by atoms with van der Waals surface area (Å²) in [5, 5.41) is 8.34. The van der Waals surface area contributed by atoms with Gasteiger partial charge in [-0.1, -0.05) is 43.1 Å². The Morgan fingerprint density at radius 1 is 1.22 bits per heavy atom. The number of benzene rings is 1. The van der Waals surface area contributed by atoms with E-state index >= 15 is 0 Å². The van der Waals surface area contributed by atoms with Crippen molar-refractivity contribution in [3.05, 3.63) is 33.8 Å². The number of hydrogen-bond donors (Lipinski definition) is 2. The highest BCUT2D eigenvalue weighted by Gasteiger charge is 2.06. The van der Waals surface area contributed by atoms with Crippen molar-refractivity contribution in [1.82, 2.24) is 15.5 Å². The van der Waals surface area contributed by atoms with Gasteiger partial charge in [0.05, 0.1) is 10.0 Å². The second-order valence-electron chi connectivity index (χ2n) is 5.65. The summed E-state index contributed by atoms with van der Waals surface area (Å²) >= 11 is 17.3.